The first kappa shape index (κ1) is 15.4. The summed E-state index contributed by atoms with van der Waals surface area (Å²) in [4.78, 5) is 20.0. The SMILES string of the molecule is CCN(CC(=O)N(C)C)c1cc(C(N)=S)cc(C)n1. The molecule has 0 aromatic carbocycles. The smallest absolute Gasteiger partial charge is 0.241 e. The highest BCUT2D eigenvalue weighted by molar-refractivity contribution is 7.80. The van der Waals surface area contributed by atoms with E-state index in [0.717, 1.165) is 17.1 Å². The summed E-state index contributed by atoms with van der Waals surface area (Å²) in [6.45, 7) is 4.84. The number of carbonyl (C=O) groups is 1. The van der Waals surface area contributed by atoms with E-state index in [4.69, 9.17) is 18.0 Å². The number of likely N-dealkylation sites (N-methyl/N-ethyl adjacent to an activating group) is 2. The van der Waals surface area contributed by atoms with Gasteiger partial charge < -0.3 is 15.5 Å². The molecule has 1 aromatic heterocycles. The van der Waals surface area contributed by atoms with E-state index in [1.807, 2.05) is 30.9 Å². The second-order valence-corrected chi connectivity index (χ2v) is 4.96. The monoisotopic (exact) mass is 280 g/mol. The number of thiocarbonyl (C=S) groups is 1. The number of aryl methyl sites for hydroxylation is 1. The third kappa shape index (κ3) is 4.17. The molecule has 0 saturated carbocycles. The first-order valence-corrected chi connectivity index (χ1v) is 6.49. The molecular weight excluding hydrogens is 260 g/mol. The van der Waals surface area contributed by atoms with E-state index in [0.29, 0.717) is 11.5 Å². The van der Waals surface area contributed by atoms with Crippen molar-refractivity contribution >= 4 is 28.9 Å². The van der Waals surface area contributed by atoms with E-state index in [-0.39, 0.29) is 12.5 Å². The van der Waals surface area contributed by atoms with Gasteiger partial charge in [0.05, 0.1) is 6.54 Å². The average molecular weight is 280 g/mol. The zero-order valence-electron chi connectivity index (χ0n) is 11.8. The largest absolute Gasteiger partial charge is 0.389 e. The minimum Gasteiger partial charge on any atom is -0.389 e. The van der Waals surface area contributed by atoms with Gasteiger partial charge in [-0.15, -0.1) is 0 Å². The van der Waals surface area contributed by atoms with Crippen molar-refractivity contribution in [3.05, 3.63) is 23.4 Å². The Hall–Kier alpha value is -1.69. The molecule has 104 valence electrons. The molecule has 0 atom stereocenters. The highest BCUT2D eigenvalue weighted by Gasteiger charge is 2.14. The van der Waals surface area contributed by atoms with Gasteiger partial charge in [0.1, 0.15) is 10.8 Å². The number of pyridine rings is 1. The zero-order valence-corrected chi connectivity index (χ0v) is 12.6. The quantitative estimate of drug-likeness (QED) is 0.813. The number of amides is 1. The van der Waals surface area contributed by atoms with Crippen molar-refractivity contribution in [1.82, 2.24) is 9.88 Å². The number of carbonyl (C=O) groups excluding carboxylic acids is 1. The van der Waals surface area contributed by atoms with Crippen molar-refractivity contribution < 1.29 is 4.79 Å². The summed E-state index contributed by atoms with van der Waals surface area (Å²) in [6.07, 6.45) is 0. The third-order valence-electron chi connectivity index (χ3n) is 2.76. The van der Waals surface area contributed by atoms with Gasteiger partial charge in [-0.2, -0.15) is 0 Å². The van der Waals surface area contributed by atoms with Crippen LogP contribution in [0.3, 0.4) is 0 Å². The van der Waals surface area contributed by atoms with Crippen LogP contribution in [-0.2, 0) is 4.79 Å². The van der Waals surface area contributed by atoms with Gasteiger partial charge in [0.2, 0.25) is 5.91 Å². The predicted octanol–water partition coefficient (Wildman–Crippen LogP) is 0.939. The van der Waals surface area contributed by atoms with Crippen LogP contribution in [0.1, 0.15) is 18.2 Å². The van der Waals surface area contributed by atoms with Crippen molar-refractivity contribution in [3.8, 4) is 0 Å². The molecule has 6 heteroatoms. The Labute approximate surface area is 119 Å². The van der Waals surface area contributed by atoms with Crippen LogP contribution < -0.4 is 10.6 Å². The lowest BCUT2D eigenvalue weighted by molar-refractivity contribution is -0.127. The molecule has 0 aliphatic carbocycles. The Morgan fingerprint density at radius 1 is 1.42 bits per heavy atom. The van der Waals surface area contributed by atoms with E-state index < -0.39 is 0 Å². The van der Waals surface area contributed by atoms with Crippen LogP contribution in [0.25, 0.3) is 0 Å². The van der Waals surface area contributed by atoms with Crippen LogP contribution in [0.4, 0.5) is 5.82 Å². The van der Waals surface area contributed by atoms with Crippen molar-refractivity contribution in [2.75, 3.05) is 32.1 Å². The molecule has 1 heterocycles. The van der Waals surface area contributed by atoms with Crippen molar-refractivity contribution in [2.24, 2.45) is 5.73 Å². The Bertz CT molecular complexity index is 488. The molecule has 0 fully saturated rings. The maximum Gasteiger partial charge on any atom is 0.241 e. The Morgan fingerprint density at radius 3 is 2.53 bits per heavy atom. The maximum absolute atomic E-state index is 11.8. The van der Waals surface area contributed by atoms with E-state index in [2.05, 4.69) is 4.98 Å². The van der Waals surface area contributed by atoms with Gasteiger partial charge in [-0.3, -0.25) is 4.79 Å². The van der Waals surface area contributed by atoms with Gasteiger partial charge in [0.25, 0.3) is 0 Å². The van der Waals surface area contributed by atoms with Crippen LogP contribution in [0, 0.1) is 6.92 Å². The average Bonchev–Trinajstić information content (AvgIpc) is 2.34. The standard InChI is InChI=1S/C13H20N4OS/c1-5-17(8-12(18)16(3)4)11-7-10(13(14)19)6-9(2)15-11/h6-7H,5,8H2,1-4H3,(H2,14,19). The topological polar surface area (TPSA) is 62.5 Å². The third-order valence-corrected chi connectivity index (χ3v) is 2.99. The summed E-state index contributed by atoms with van der Waals surface area (Å²) in [5.74, 6) is 0.752. The Morgan fingerprint density at radius 2 is 2.05 bits per heavy atom. The van der Waals surface area contributed by atoms with Crippen LogP contribution in [0.5, 0.6) is 0 Å². The van der Waals surface area contributed by atoms with E-state index >= 15 is 0 Å². The van der Waals surface area contributed by atoms with E-state index in [1.54, 1.807) is 19.0 Å². The van der Waals surface area contributed by atoms with Crippen LogP contribution in [-0.4, -0.2) is 48.0 Å². The summed E-state index contributed by atoms with van der Waals surface area (Å²) >= 11 is 4.99. The van der Waals surface area contributed by atoms with Crippen molar-refractivity contribution in [3.63, 3.8) is 0 Å². The molecule has 0 aliphatic rings. The number of nitrogens with two attached hydrogens (primary N) is 1. The Kier molecular flexibility index (Phi) is 5.23. The lowest BCUT2D eigenvalue weighted by atomic mass is 10.2. The fraction of sp³-hybridized carbons (Fsp3) is 0.462. The number of hydrogen-bond donors (Lipinski definition) is 1. The van der Waals surface area contributed by atoms with Crippen molar-refractivity contribution in [1.29, 1.82) is 0 Å². The molecule has 0 saturated heterocycles. The summed E-state index contributed by atoms with van der Waals surface area (Å²) in [5.41, 5.74) is 7.25. The summed E-state index contributed by atoms with van der Waals surface area (Å²) in [7, 11) is 3.47. The second-order valence-electron chi connectivity index (χ2n) is 4.52. The predicted molar refractivity (Wildman–Crippen MR) is 81.4 cm³/mol. The molecule has 0 unspecified atom stereocenters. The molecule has 0 aliphatic heterocycles. The van der Waals surface area contributed by atoms with E-state index in [9.17, 15) is 4.79 Å². The van der Waals surface area contributed by atoms with Gasteiger partial charge >= 0.3 is 0 Å². The highest BCUT2D eigenvalue weighted by Crippen LogP contribution is 2.15. The van der Waals surface area contributed by atoms with Gasteiger partial charge in [0, 0.05) is 31.9 Å². The Balaban J connectivity index is 3.04. The lowest BCUT2D eigenvalue weighted by Crippen LogP contribution is -2.37. The molecule has 5 nitrogen and oxygen atoms in total. The van der Waals surface area contributed by atoms with Gasteiger partial charge in [-0.25, -0.2) is 4.98 Å². The number of nitrogens with zero attached hydrogens (tertiary/aromatic N) is 3. The number of anilines is 1. The van der Waals surface area contributed by atoms with Crippen molar-refractivity contribution in [2.45, 2.75) is 13.8 Å². The first-order valence-electron chi connectivity index (χ1n) is 6.08. The molecule has 1 rings (SSSR count). The van der Waals surface area contributed by atoms with E-state index in [1.165, 1.54) is 0 Å². The molecule has 1 amide bonds. The lowest BCUT2D eigenvalue weighted by Gasteiger charge is -2.24. The minimum absolute atomic E-state index is 0.0297. The van der Waals surface area contributed by atoms with Crippen LogP contribution in [0.2, 0.25) is 0 Å². The van der Waals surface area contributed by atoms with Gasteiger partial charge in [0.15, 0.2) is 0 Å². The van der Waals surface area contributed by atoms with Crippen LogP contribution in [0.15, 0.2) is 12.1 Å². The fourth-order valence-corrected chi connectivity index (χ4v) is 1.73. The second kappa shape index (κ2) is 6.47. The minimum atomic E-state index is 0.0297. The first-order chi connectivity index (χ1) is 8.85. The summed E-state index contributed by atoms with van der Waals surface area (Å²) in [5, 5.41) is 0. The molecule has 0 spiro atoms. The number of rotatable bonds is 5. The molecule has 19 heavy (non-hydrogen) atoms. The van der Waals surface area contributed by atoms with Gasteiger partial charge in [-0.1, -0.05) is 12.2 Å². The molecule has 1 aromatic rings. The maximum atomic E-state index is 11.8. The molecule has 0 radical (unpaired) electrons. The molecule has 2 N–H and O–H groups in total. The summed E-state index contributed by atoms with van der Waals surface area (Å²) in [6, 6.07) is 3.66. The molecular formula is C13H20N4OS. The summed E-state index contributed by atoms with van der Waals surface area (Å²) < 4.78 is 0. The number of hydrogen-bond acceptors (Lipinski definition) is 4. The number of aromatic nitrogens is 1. The molecule has 0 bridgehead atoms. The van der Waals surface area contributed by atoms with Crippen LogP contribution >= 0.6 is 12.2 Å². The highest BCUT2D eigenvalue weighted by atomic mass is 32.1. The fourth-order valence-electron chi connectivity index (χ4n) is 1.61. The normalized spacial score (nSPS) is 10.1. The zero-order chi connectivity index (χ0) is 14.6. The van der Waals surface area contributed by atoms with Gasteiger partial charge in [-0.05, 0) is 26.0 Å².